The van der Waals surface area contributed by atoms with Gasteiger partial charge in [-0.3, -0.25) is 0 Å². The largest absolute Gasteiger partial charge is 0.385 e. The van der Waals surface area contributed by atoms with Gasteiger partial charge in [0.25, 0.3) is 0 Å². The molecule has 0 aliphatic carbocycles. The maximum atomic E-state index is 5.11. The lowest BCUT2D eigenvalue weighted by Gasteiger charge is -2.31. The van der Waals surface area contributed by atoms with Gasteiger partial charge in [0.1, 0.15) is 0 Å². The van der Waals surface area contributed by atoms with Crippen molar-refractivity contribution in [3.8, 4) is 0 Å². The topological polar surface area (TPSA) is 24.5 Å². The SMILES string of the molecule is CCC1CCN(CCCOC)CCC(C)N1. The summed E-state index contributed by atoms with van der Waals surface area (Å²) in [4.78, 5) is 2.60. The maximum absolute atomic E-state index is 5.11. The van der Waals surface area contributed by atoms with Crippen molar-refractivity contribution >= 4 is 0 Å². The molecular formula is C13H28N2O. The zero-order chi connectivity index (χ0) is 11.8. The summed E-state index contributed by atoms with van der Waals surface area (Å²) in [7, 11) is 1.78. The van der Waals surface area contributed by atoms with Gasteiger partial charge >= 0.3 is 0 Å². The first-order valence-electron chi connectivity index (χ1n) is 6.73. The molecule has 1 fully saturated rings. The molecule has 96 valence electrons. The van der Waals surface area contributed by atoms with E-state index in [1.165, 1.54) is 38.9 Å². The van der Waals surface area contributed by atoms with Crippen molar-refractivity contribution < 1.29 is 4.74 Å². The summed E-state index contributed by atoms with van der Waals surface area (Å²) in [5, 5.41) is 3.70. The lowest BCUT2D eigenvalue weighted by Crippen LogP contribution is -2.44. The highest BCUT2D eigenvalue weighted by atomic mass is 16.5. The summed E-state index contributed by atoms with van der Waals surface area (Å²) < 4.78 is 5.11. The first kappa shape index (κ1) is 13.9. The first-order chi connectivity index (χ1) is 7.76. The molecule has 0 bridgehead atoms. The summed E-state index contributed by atoms with van der Waals surface area (Å²) >= 11 is 0. The number of hydrogen-bond acceptors (Lipinski definition) is 3. The van der Waals surface area contributed by atoms with E-state index in [-0.39, 0.29) is 0 Å². The van der Waals surface area contributed by atoms with E-state index < -0.39 is 0 Å². The molecule has 1 rings (SSSR count). The third-order valence-electron chi connectivity index (χ3n) is 3.51. The molecule has 1 aliphatic rings. The monoisotopic (exact) mass is 228 g/mol. The Morgan fingerprint density at radius 1 is 1.31 bits per heavy atom. The number of ether oxygens (including phenoxy) is 1. The number of nitrogens with zero attached hydrogens (tertiary/aromatic N) is 1. The summed E-state index contributed by atoms with van der Waals surface area (Å²) in [6.07, 6.45) is 4.96. The fourth-order valence-electron chi connectivity index (χ4n) is 2.37. The molecular weight excluding hydrogens is 200 g/mol. The van der Waals surface area contributed by atoms with Crippen molar-refractivity contribution in [3.63, 3.8) is 0 Å². The molecule has 0 saturated carbocycles. The highest BCUT2D eigenvalue weighted by Gasteiger charge is 2.16. The van der Waals surface area contributed by atoms with Gasteiger partial charge in [-0.25, -0.2) is 0 Å². The minimum atomic E-state index is 0.662. The second-order valence-corrected chi connectivity index (χ2v) is 4.94. The Hall–Kier alpha value is -0.120. The molecule has 0 aromatic heterocycles. The van der Waals surface area contributed by atoms with Crippen LogP contribution in [0.4, 0.5) is 0 Å². The van der Waals surface area contributed by atoms with Gasteiger partial charge in [0.2, 0.25) is 0 Å². The van der Waals surface area contributed by atoms with Gasteiger partial charge in [-0.05, 0) is 45.7 Å². The zero-order valence-corrected chi connectivity index (χ0v) is 11.2. The normalized spacial score (nSPS) is 28.7. The minimum Gasteiger partial charge on any atom is -0.385 e. The van der Waals surface area contributed by atoms with Gasteiger partial charge in [0.05, 0.1) is 0 Å². The molecule has 0 spiro atoms. The second-order valence-electron chi connectivity index (χ2n) is 4.94. The van der Waals surface area contributed by atoms with Gasteiger partial charge in [0, 0.05) is 32.3 Å². The van der Waals surface area contributed by atoms with E-state index in [9.17, 15) is 0 Å². The molecule has 3 nitrogen and oxygen atoms in total. The third kappa shape index (κ3) is 5.28. The number of rotatable bonds is 5. The number of nitrogens with one attached hydrogen (secondary N) is 1. The molecule has 1 heterocycles. The Morgan fingerprint density at radius 3 is 2.75 bits per heavy atom. The molecule has 0 aromatic rings. The van der Waals surface area contributed by atoms with Gasteiger partial charge in [-0.2, -0.15) is 0 Å². The van der Waals surface area contributed by atoms with Crippen LogP contribution in [0.2, 0.25) is 0 Å². The van der Waals surface area contributed by atoms with Crippen LogP contribution in [0.5, 0.6) is 0 Å². The molecule has 16 heavy (non-hydrogen) atoms. The number of methoxy groups -OCH3 is 1. The fourth-order valence-corrected chi connectivity index (χ4v) is 2.37. The van der Waals surface area contributed by atoms with Crippen LogP contribution in [0, 0.1) is 0 Å². The molecule has 0 aromatic carbocycles. The van der Waals surface area contributed by atoms with Gasteiger partial charge in [-0.15, -0.1) is 0 Å². The summed E-state index contributed by atoms with van der Waals surface area (Å²) in [5.74, 6) is 0. The van der Waals surface area contributed by atoms with Gasteiger partial charge in [-0.1, -0.05) is 6.92 Å². The smallest absolute Gasteiger partial charge is 0.0474 e. The van der Waals surface area contributed by atoms with Crippen LogP contribution in [-0.4, -0.2) is 50.3 Å². The average Bonchev–Trinajstić information content (AvgIpc) is 2.27. The quantitative estimate of drug-likeness (QED) is 0.727. The predicted molar refractivity (Wildman–Crippen MR) is 68.8 cm³/mol. The van der Waals surface area contributed by atoms with Crippen LogP contribution in [-0.2, 0) is 4.74 Å². The van der Waals surface area contributed by atoms with E-state index in [4.69, 9.17) is 4.74 Å². The molecule has 0 radical (unpaired) electrons. The summed E-state index contributed by atoms with van der Waals surface area (Å²) in [5.41, 5.74) is 0. The second kappa shape index (κ2) is 8.04. The maximum Gasteiger partial charge on any atom is 0.0474 e. The predicted octanol–water partition coefficient (Wildman–Crippen LogP) is 1.88. The molecule has 2 unspecified atom stereocenters. The van der Waals surface area contributed by atoms with E-state index in [1.807, 2.05) is 0 Å². The number of hydrogen-bond donors (Lipinski definition) is 1. The van der Waals surface area contributed by atoms with Crippen LogP contribution in [0.3, 0.4) is 0 Å². The van der Waals surface area contributed by atoms with Crippen LogP contribution in [0.15, 0.2) is 0 Å². The van der Waals surface area contributed by atoms with E-state index in [0.29, 0.717) is 12.1 Å². The van der Waals surface area contributed by atoms with E-state index in [1.54, 1.807) is 7.11 Å². The van der Waals surface area contributed by atoms with Crippen LogP contribution >= 0.6 is 0 Å². The van der Waals surface area contributed by atoms with Crippen molar-refractivity contribution in [3.05, 3.63) is 0 Å². The molecule has 3 heteroatoms. The zero-order valence-electron chi connectivity index (χ0n) is 11.2. The fraction of sp³-hybridized carbons (Fsp3) is 1.00. The van der Waals surface area contributed by atoms with Crippen LogP contribution in [0.25, 0.3) is 0 Å². The molecule has 1 N–H and O–H groups in total. The van der Waals surface area contributed by atoms with Gasteiger partial charge in [0.15, 0.2) is 0 Å². The molecule has 1 aliphatic heterocycles. The summed E-state index contributed by atoms with van der Waals surface area (Å²) in [6, 6.07) is 1.37. The highest BCUT2D eigenvalue weighted by molar-refractivity contribution is 4.76. The van der Waals surface area contributed by atoms with Crippen molar-refractivity contribution in [1.29, 1.82) is 0 Å². The van der Waals surface area contributed by atoms with Crippen LogP contribution in [0.1, 0.15) is 39.5 Å². The van der Waals surface area contributed by atoms with E-state index >= 15 is 0 Å². The minimum absolute atomic E-state index is 0.662. The van der Waals surface area contributed by atoms with Crippen molar-refractivity contribution in [1.82, 2.24) is 10.2 Å². The third-order valence-corrected chi connectivity index (χ3v) is 3.51. The van der Waals surface area contributed by atoms with Crippen molar-refractivity contribution in [2.75, 3.05) is 33.4 Å². The van der Waals surface area contributed by atoms with E-state index in [2.05, 4.69) is 24.1 Å². The van der Waals surface area contributed by atoms with Crippen molar-refractivity contribution in [2.45, 2.75) is 51.6 Å². The first-order valence-corrected chi connectivity index (χ1v) is 6.73. The van der Waals surface area contributed by atoms with Gasteiger partial charge < -0.3 is 15.0 Å². The Labute approximate surface area is 101 Å². The lowest BCUT2D eigenvalue weighted by atomic mass is 10.1. The van der Waals surface area contributed by atoms with Crippen LogP contribution < -0.4 is 5.32 Å². The summed E-state index contributed by atoms with van der Waals surface area (Å²) in [6.45, 7) is 9.14. The Bertz CT molecular complexity index is 175. The van der Waals surface area contributed by atoms with Crippen molar-refractivity contribution in [2.24, 2.45) is 0 Å². The lowest BCUT2D eigenvalue weighted by molar-refractivity contribution is 0.160. The molecule has 1 saturated heterocycles. The average molecular weight is 228 g/mol. The Balaban J connectivity index is 2.29. The molecule has 2 atom stereocenters. The van der Waals surface area contributed by atoms with E-state index in [0.717, 1.165) is 13.0 Å². The Kier molecular flexibility index (Phi) is 7.01. The molecule has 0 amide bonds. The highest BCUT2D eigenvalue weighted by Crippen LogP contribution is 2.09. The standard InChI is InChI=1S/C13H28N2O/c1-4-13-7-10-15(8-5-11-16-3)9-6-12(2)14-13/h12-14H,4-11H2,1-3H3. The Morgan fingerprint density at radius 2 is 2.06 bits per heavy atom.